The molecular weight excluding hydrogens is 518 g/mol. The Morgan fingerprint density at radius 3 is 2.41 bits per heavy atom. The fourth-order valence-corrected chi connectivity index (χ4v) is 5.38. The molecule has 2 heterocycles. The fraction of sp³-hybridized carbons (Fsp3) is 0.310. The van der Waals surface area contributed by atoms with Gasteiger partial charge in [0.05, 0.1) is 35.1 Å². The number of esters is 2. The SMILES string of the molecule is CCOC(=O)C1=C(C)N=c2s/c(=C/c3ccc(N(C)C)cc3)c(=O)n2C1c1ccc(OC(C)=O)c(OCC)c1. The van der Waals surface area contributed by atoms with Gasteiger partial charge in [0.25, 0.3) is 5.56 Å². The molecule has 0 amide bonds. The number of allylic oxidation sites excluding steroid dienone is 1. The highest BCUT2D eigenvalue weighted by molar-refractivity contribution is 7.07. The fourth-order valence-electron chi connectivity index (χ4n) is 4.33. The van der Waals surface area contributed by atoms with Crippen LogP contribution in [-0.4, -0.2) is 43.8 Å². The van der Waals surface area contributed by atoms with Crippen LogP contribution in [-0.2, 0) is 14.3 Å². The molecule has 0 N–H and O–H groups in total. The molecule has 39 heavy (non-hydrogen) atoms. The third kappa shape index (κ3) is 5.80. The molecule has 4 rings (SSSR count). The van der Waals surface area contributed by atoms with Gasteiger partial charge in [0.15, 0.2) is 16.3 Å². The molecule has 1 aliphatic rings. The monoisotopic (exact) mass is 549 g/mol. The second-order valence-electron chi connectivity index (χ2n) is 9.02. The number of carbonyl (C=O) groups is 2. The Balaban J connectivity index is 1.92. The predicted molar refractivity (Wildman–Crippen MR) is 150 cm³/mol. The van der Waals surface area contributed by atoms with E-state index in [1.165, 1.54) is 22.8 Å². The van der Waals surface area contributed by atoms with Gasteiger partial charge in [-0.25, -0.2) is 9.79 Å². The number of aromatic nitrogens is 1. The molecule has 10 heteroatoms. The number of rotatable bonds is 8. The summed E-state index contributed by atoms with van der Waals surface area (Å²) in [4.78, 5) is 45.7. The Hall–Kier alpha value is -4.18. The van der Waals surface area contributed by atoms with E-state index in [9.17, 15) is 14.4 Å². The van der Waals surface area contributed by atoms with E-state index < -0.39 is 18.0 Å². The Kier molecular flexibility index (Phi) is 8.35. The van der Waals surface area contributed by atoms with Crippen molar-refractivity contribution in [3.63, 3.8) is 0 Å². The van der Waals surface area contributed by atoms with Crippen LogP contribution in [0.25, 0.3) is 6.08 Å². The average molecular weight is 550 g/mol. The molecule has 2 aromatic carbocycles. The third-order valence-electron chi connectivity index (χ3n) is 6.06. The molecule has 204 valence electrons. The molecule has 0 saturated heterocycles. The van der Waals surface area contributed by atoms with Crippen molar-refractivity contribution in [1.29, 1.82) is 0 Å². The molecule has 0 aliphatic carbocycles. The summed E-state index contributed by atoms with van der Waals surface area (Å²) >= 11 is 1.25. The van der Waals surface area contributed by atoms with Gasteiger partial charge in [-0.2, -0.15) is 0 Å². The first-order valence-electron chi connectivity index (χ1n) is 12.6. The Morgan fingerprint density at radius 1 is 1.08 bits per heavy atom. The van der Waals surface area contributed by atoms with Crippen LogP contribution in [0.1, 0.15) is 44.9 Å². The Bertz CT molecular complexity index is 1620. The van der Waals surface area contributed by atoms with E-state index in [2.05, 4.69) is 4.99 Å². The summed E-state index contributed by atoms with van der Waals surface area (Å²) in [5.74, 6) is -0.469. The van der Waals surface area contributed by atoms with Gasteiger partial charge in [0, 0.05) is 26.7 Å². The van der Waals surface area contributed by atoms with Crippen LogP contribution in [0.4, 0.5) is 5.69 Å². The van der Waals surface area contributed by atoms with Gasteiger partial charge in [-0.15, -0.1) is 0 Å². The van der Waals surface area contributed by atoms with Crippen molar-refractivity contribution < 1.29 is 23.8 Å². The van der Waals surface area contributed by atoms with Crippen molar-refractivity contribution in [2.45, 2.75) is 33.7 Å². The molecule has 0 bridgehead atoms. The summed E-state index contributed by atoms with van der Waals surface area (Å²) in [6.45, 7) is 7.07. The van der Waals surface area contributed by atoms with Crippen molar-refractivity contribution in [3.05, 3.63) is 84.5 Å². The quantitative estimate of drug-likeness (QED) is 0.314. The minimum absolute atomic E-state index is 0.172. The van der Waals surface area contributed by atoms with E-state index in [0.717, 1.165) is 11.3 Å². The van der Waals surface area contributed by atoms with E-state index in [-0.39, 0.29) is 23.5 Å². The largest absolute Gasteiger partial charge is 0.490 e. The second-order valence-corrected chi connectivity index (χ2v) is 10.0. The topological polar surface area (TPSA) is 99.4 Å². The summed E-state index contributed by atoms with van der Waals surface area (Å²) in [6.07, 6.45) is 1.82. The van der Waals surface area contributed by atoms with Crippen molar-refractivity contribution in [2.75, 3.05) is 32.2 Å². The zero-order valence-corrected chi connectivity index (χ0v) is 23.6. The van der Waals surface area contributed by atoms with Crippen molar-refractivity contribution in [1.82, 2.24) is 4.57 Å². The van der Waals surface area contributed by atoms with E-state index >= 15 is 0 Å². The molecule has 1 unspecified atom stereocenters. The van der Waals surface area contributed by atoms with Crippen molar-refractivity contribution in [3.8, 4) is 11.5 Å². The molecule has 0 fully saturated rings. The van der Waals surface area contributed by atoms with Crippen LogP contribution in [0, 0.1) is 0 Å². The summed E-state index contributed by atoms with van der Waals surface area (Å²) < 4.78 is 18.4. The molecule has 1 aliphatic heterocycles. The maximum absolute atomic E-state index is 13.8. The maximum atomic E-state index is 13.8. The van der Waals surface area contributed by atoms with Crippen LogP contribution < -0.4 is 29.3 Å². The first kappa shape index (κ1) is 27.8. The molecule has 0 saturated carbocycles. The first-order valence-corrected chi connectivity index (χ1v) is 13.4. The van der Waals surface area contributed by atoms with Gasteiger partial charge < -0.3 is 19.1 Å². The van der Waals surface area contributed by atoms with Gasteiger partial charge >= 0.3 is 11.9 Å². The number of anilines is 1. The summed E-state index contributed by atoms with van der Waals surface area (Å²) in [6, 6.07) is 12.0. The number of hydrogen-bond donors (Lipinski definition) is 0. The zero-order valence-electron chi connectivity index (χ0n) is 22.8. The molecule has 0 radical (unpaired) electrons. The van der Waals surface area contributed by atoms with Gasteiger partial charge in [0.2, 0.25) is 0 Å². The normalized spacial score (nSPS) is 14.9. The third-order valence-corrected chi connectivity index (χ3v) is 7.04. The molecule has 0 spiro atoms. The highest BCUT2D eigenvalue weighted by atomic mass is 32.1. The van der Waals surface area contributed by atoms with Crippen LogP contribution >= 0.6 is 11.3 Å². The predicted octanol–water partition coefficient (Wildman–Crippen LogP) is 3.19. The minimum Gasteiger partial charge on any atom is -0.490 e. The maximum Gasteiger partial charge on any atom is 0.338 e. The lowest BCUT2D eigenvalue weighted by Crippen LogP contribution is -2.40. The van der Waals surface area contributed by atoms with E-state index in [4.69, 9.17) is 14.2 Å². The van der Waals surface area contributed by atoms with Crippen LogP contribution in [0.15, 0.2) is 63.5 Å². The van der Waals surface area contributed by atoms with Crippen LogP contribution in [0.3, 0.4) is 0 Å². The number of fused-ring (bicyclic) bond motifs is 1. The molecular formula is C29H31N3O6S. The standard InChI is InChI=1S/C29H31N3O6S/c1-7-36-23-16-20(11-14-22(23)38-18(4)33)26-25(28(35)37-8-2)17(3)30-29-32(26)27(34)24(39-29)15-19-9-12-21(13-10-19)31(5)6/h9-16,26H,7-8H2,1-6H3/b24-15+. The molecule has 1 aromatic heterocycles. The number of ether oxygens (including phenoxy) is 3. The summed E-state index contributed by atoms with van der Waals surface area (Å²) in [5.41, 5.74) is 2.95. The number of hydrogen-bond acceptors (Lipinski definition) is 9. The number of carbonyl (C=O) groups excluding carboxylic acids is 2. The molecule has 3 aromatic rings. The van der Waals surface area contributed by atoms with Gasteiger partial charge in [-0.3, -0.25) is 14.2 Å². The lowest BCUT2D eigenvalue weighted by Gasteiger charge is -2.25. The number of thiazole rings is 1. The zero-order chi connectivity index (χ0) is 28.3. The van der Waals surface area contributed by atoms with E-state index in [1.54, 1.807) is 32.0 Å². The van der Waals surface area contributed by atoms with Crippen LogP contribution in [0.5, 0.6) is 11.5 Å². The average Bonchev–Trinajstić information content (AvgIpc) is 3.18. The highest BCUT2D eigenvalue weighted by Crippen LogP contribution is 2.36. The van der Waals surface area contributed by atoms with E-state index in [1.807, 2.05) is 56.3 Å². The van der Waals surface area contributed by atoms with Crippen LogP contribution in [0.2, 0.25) is 0 Å². The smallest absolute Gasteiger partial charge is 0.338 e. The van der Waals surface area contributed by atoms with E-state index in [0.29, 0.717) is 33.0 Å². The number of nitrogens with zero attached hydrogens (tertiary/aromatic N) is 3. The minimum atomic E-state index is -0.816. The Morgan fingerprint density at radius 2 is 1.79 bits per heavy atom. The van der Waals surface area contributed by atoms with Gasteiger partial charge in [0.1, 0.15) is 0 Å². The summed E-state index contributed by atoms with van der Waals surface area (Å²) in [7, 11) is 3.93. The highest BCUT2D eigenvalue weighted by Gasteiger charge is 2.34. The molecule has 1 atom stereocenters. The lowest BCUT2D eigenvalue weighted by molar-refractivity contribution is -0.139. The first-order chi connectivity index (χ1) is 18.6. The summed E-state index contributed by atoms with van der Waals surface area (Å²) in [5, 5.41) is 0. The van der Waals surface area contributed by atoms with Gasteiger partial charge in [-0.1, -0.05) is 29.5 Å². The lowest BCUT2D eigenvalue weighted by atomic mass is 9.95. The van der Waals surface area contributed by atoms with Crippen molar-refractivity contribution in [2.24, 2.45) is 4.99 Å². The molecule has 9 nitrogen and oxygen atoms in total. The number of benzene rings is 2. The van der Waals surface area contributed by atoms with Crippen molar-refractivity contribution >= 4 is 35.0 Å². The Labute approximate surface area is 230 Å². The van der Waals surface area contributed by atoms with Gasteiger partial charge in [-0.05, 0) is 62.2 Å². The second kappa shape index (κ2) is 11.7.